The highest BCUT2D eigenvalue weighted by atomic mass is 16.5. The monoisotopic (exact) mass is 254 g/mol. The van der Waals surface area contributed by atoms with Crippen LogP contribution in [0.2, 0.25) is 0 Å². The molecular formula is C13H22N2O3. The zero-order chi connectivity index (χ0) is 13.5. The summed E-state index contributed by atoms with van der Waals surface area (Å²) < 4.78 is 5.03. The minimum atomic E-state index is -0.123. The molecule has 18 heavy (non-hydrogen) atoms. The molecular weight excluding hydrogens is 232 g/mol. The maximum absolute atomic E-state index is 12.0. The highest BCUT2D eigenvalue weighted by Crippen LogP contribution is 2.13. The van der Waals surface area contributed by atoms with Crippen molar-refractivity contribution in [1.82, 2.24) is 10.5 Å². The average molecular weight is 254 g/mol. The van der Waals surface area contributed by atoms with Gasteiger partial charge in [0.05, 0.1) is 5.69 Å². The first-order chi connectivity index (χ1) is 8.60. The van der Waals surface area contributed by atoms with Crippen LogP contribution in [0.3, 0.4) is 0 Å². The van der Waals surface area contributed by atoms with Gasteiger partial charge in [-0.15, -0.1) is 0 Å². The van der Waals surface area contributed by atoms with E-state index in [1.54, 1.807) is 6.92 Å². The molecule has 0 aromatic carbocycles. The van der Waals surface area contributed by atoms with Crippen molar-refractivity contribution in [2.45, 2.75) is 40.0 Å². The average Bonchev–Trinajstić information content (AvgIpc) is 2.75. The summed E-state index contributed by atoms with van der Waals surface area (Å²) in [7, 11) is 0. The van der Waals surface area contributed by atoms with Crippen LogP contribution in [0, 0.1) is 12.8 Å². The fraction of sp³-hybridized carbons (Fsp3) is 0.692. The zero-order valence-electron chi connectivity index (χ0n) is 11.3. The summed E-state index contributed by atoms with van der Waals surface area (Å²) in [6.45, 7) is 6.47. The van der Waals surface area contributed by atoms with Crippen molar-refractivity contribution in [3.05, 3.63) is 17.0 Å². The number of hydrogen-bond acceptors (Lipinski definition) is 4. The molecule has 0 saturated heterocycles. The van der Waals surface area contributed by atoms with Gasteiger partial charge < -0.3 is 14.9 Å². The number of nitrogens with zero attached hydrogens (tertiary/aromatic N) is 1. The van der Waals surface area contributed by atoms with Gasteiger partial charge in [0.2, 0.25) is 0 Å². The molecule has 1 aromatic rings. The molecule has 0 aliphatic heterocycles. The Balaban J connectivity index is 2.43. The first-order valence-electron chi connectivity index (χ1n) is 6.44. The summed E-state index contributed by atoms with van der Waals surface area (Å²) >= 11 is 0. The lowest BCUT2D eigenvalue weighted by Crippen LogP contribution is -2.26. The Labute approximate surface area is 108 Å². The Bertz CT molecular complexity index is 388. The van der Waals surface area contributed by atoms with E-state index in [0.29, 0.717) is 30.0 Å². The molecule has 0 fully saturated rings. The van der Waals surface area contributed by atoms with E-state index in [4.69, 9.17) is 9.63 Å². The third-order valence-electron chi connectivity index (χ3n) is 2.97. The molecule has 2 N–H and O–H groups in total. The quantitative estimate of drug-likeness (QED) is 0.726. The Morgan fingerprint density at radius 2 is 2.28 bits per heavy atom. The maximum Gasteiger partial charge on any atom is 0.256 e. The van der Waals surface area contributed by atoms with Crippen molar-refractivity contribution in [2.75, 3.05) is 13.2 Å². The summed E-state index contributed by atoms with van der Waals surface area (Å²) in [5, 5.41) is 15.6. The Hall–Kier alpha value is -1.36. The van der Waals surface area contributed by atoms with Crippen LogP contribution in [0.25, 0.3) is 0 Å². The second kappa shape index (κ2) is 7.16. The summed E-state index contributed by atoms with van der Waals surface area (Å²) in [5.41, 5.74) is 1.27. The van der Waals surface area contributed by atoms with Gasteiger partial charge in [-0.1, -0.05) is 19.0 Å². The van der Waals surface area contributed by atoms with Gasteiger partial charge >= 0.3 is 0 Å². The predicted octanol–water partition coefficient (Wildman–Crippen LogP) is 1.68. The SMILES string of the molecule is CCc1noc(C)c1C(=O)NCCCC(C)CO. The molecule has 5 heteroatoms. The number of aliphatic hydroxyl groups is 1. The van der Waals surface area contributed by atoms with Crippen LogP contribution in [-0.2, 0) is 6.42 Å². The van der Waals surface area contributed by atoms with Crippen molar-refractivity contribution in [1.29, 1.82) is 0 Å². The van der Waals surface area contributed by atoms with E-state index in [2.05, 4.69) is 10.5 Å². The second-order valence-corrected chi connectivity index (χ2v) is 4.60. The maximum atomic E-state index is 12.0. The third-order valence-corrected chi connectivity index (χ3v) is 2.97. The van der Waals surface area contributed by atoms with Crippen molar-refractivity contribution >= 4 is 5.91 Å². The van der Waals surface area contributed by atoms with Gasteiger partial charge in [-0.25, -0.2) is 0 Å². The number of aromatic nitrogens is 1. The summed E-state index contributed by atoms with van der Waals surface area (Å²) in [6.07, 6.45) is 2.45. The molecule has 102 valence electrons. The normalized spacial score (nSPS) is 12.4. The smallest absolute Gasteiger partial charge is 0.256 e. The zero-order valence-corrected chi connectivity index (χ0v) is 11.3. The van der Waals surface area contributed by atoms with Crippen LogP contribution in [0.4, 0.5) is 0 Å². The lowest BCUT2D eigenvalue weighted by molar-refractivity contribution is 0.0950. The van der Waals surface area contributed by atoms with Gasteiger partial charge in [-0.05, 0) is 32.1 Å². The van der Waals surface area contributed by atoms with Gasteiger partial charge in [-0.2, -0.15) is 0 Å². The van der Waals surface area contributed by atoms with Crippen LogP contribution in [0.1, 0.15) is 48.5 Å². The van der Waals surface area contributed by atoms with Gasteiger partial charge in [0.1, 0.15) is 11.3 Å². The van der Waals surface area contributed by atoms with Gasteiger partial charge in [0.15, 0.2) is 0 Å². The first kappa shape index (κ1) is 14.7. The second-order valence-electron chi connectivity index (χ2n) is 4.60. The molecule has 0 spiro atoms. The van der Waals surface area contributed by atoms with Crippen molar-refractivity contribution < 1.29 is 14.4 Å². The molecule has 0 radical (unpaired) electrons. The molecule has 0 aliphatic rings. The molecule has 1 amide bonds. The molecule has 5 nitrogen and oxygen atoms in total. The molecule has 1 heterocycles. The molecule has 0 aliphatic carbocycles. The van der Waals surface area contributed by atoms with E-state index in [-0.39, 0.29) is 18.4 Å². The van der Waals surface area contributed by atoms with E-state index in [9.17, 15) is 4.79 Å². The van der Waals surface area contributed by atoms with Gasteiger partial charge in [-0.3, -0.25) is 4.79 Å². The number of aliphatic hydroxyl groups excluding tert-OH is 1. The largest absolute Gasteiger partial charge is 0.396 e. The van der Waals surface area contributed by atoms with Crippen LogP contribution >= 0.6 is 0 Å². The third kappa shape index (κ3) is 3.84. The van der Waals surface area contributed by atoms with Crippen molar-refractivity contribution in [3.8, 4) is 0 Å². The number of carbonyl (C=O) groups excluding carboxylic acids is 1. The van der Waals surface area contributed by atoms with E-state index in [0.717, 1.165) is 12.8 Å². The Morgan fingerprint density at radius 3 is 2.89 bits per heavy atom. The number of amides is 1. The fourth-order valence-electron chi connectivity index (χ4n) is 1.78. The van der Waals surface area contributed by atoms with Crippen LogP contribution in [-0.4, -0.2) is 29.3 Å². The number of hydrogen-bond donors (Lipinski definition) is 2. The fourth-order valence-corrected chi connectivity index (χ4v) is 1.78. The minimum Gasteiger partial charge on any atom is -0.396 e. The summed E-state index contributed by atoms with van der Waals surface area (Å²) in [6, 6.07) is 0. The summed E-state index contributed by atoms with van der Waals surface area (Å²) in [5.74, 6) is 0.723. The van der Waals surface area contributed by atoms with Gasteiger partial charge in [0, 0.05) is 13.2 Å². The predicted molar refractivity (Wildman–Crippen MR) is 68.4 cm³/mol. The summed E-state index contributed by atoms with van der Waals surface area (Å²) in [4.78, 5) is 12.0. The molecule has 0 bridgehead atoms. The molecule has 1 aromatic heterocycles. The molecule has 1 unspecified atom stereocenters. The number of carbonyl (C=O) groups is 1. The van der Waals surface area contributed by atoms with Gasteiger partial charge in [0.25, 0.3) is 5.91 Å². The van der Waals surface area contributed by atoms with Crippen molar-refractivity contribution in [3.63, 3.8) is 0 Å². The minimum absolute atomic E-state index is 0.123. The molecule has 1 rings (SSSR count). The van der Waals surface area contributed by atoms with Crippen molar-refractivity contribution in [2.24, 2.45) is 5.92 Å². The topological polar surface area (TPSA) is 75.4 Å². The Kier molecular flexibility index (Phi) is 5.85. The number of nitrogens with one attached hydrogen (secondary N) is 1. The molecule has 1 atom stereocenters. The van der Waals surface area contributed by atoms with Crippen LogP contribution < -0.4 is 5.32 Å². The first-order valence-corrected chi connectivity index (χ1v) is 6.44. The highest BCUT2D eigenvalue weighted by Gasteiger charge is 2.18. The van der Waals surface area contributed by atoms with E-state index in [1.807, 2.05) is 13.8 Å². The van der Waals surface area contributed by atoms with E-state index >= 15 is 0 Å². The molecule has 0 saturated carbocycles. The lowest BCUT2D eigenvalue weighted by Gasteiger charge is -2.08. The highest BCUT2D eigenvalue weighted by molar-refractivity contribution is 5.96. The number of rotatable bonds is 7. The van der Waals surface area contributed by atoms with Crippen LogP contribution in [0.15, 0.2) is 4.52 Å². The standard InChI is InChI=1S/C13H22N2O3/c1-4-11-12(10(3)18-15-11)13(17)14-7-5-6-9(2)8-16/h9,16H,4-8H2,1-3H3,(H,14,17). The van der Waals surface area contributed by atoms with E-state index in [1.165, 1.54) is 0 Å². The van der Waals surface area contributed by atoms with E-state index < -0.39 is 0 Å². The lowest BCUT2D eigenvalue weighted by atomic mass is 10.1. The van der Waals surface area contributed by atoms with Crippen LogP contribution in [0.5, 0.6) is 0 Å². The Morgan fingerprint density at radius 1 is 1.56 bits per heavy atom. The number of aryl methyl sites for hydroxylation is 2.